The second kappa shape index (κ2) is 7.11. The molecule has 0 aromatic carbocycles. The van der Waals surface area contributed by atoms with Crippen molar-refractivity contribution in [1.82, 2.24) is 5.32 Å². The molecular formula is C13H23NO5. The van der Waals surface area contributed by atoms with Gasteiger partial charge in [-0.05, 0) is 17.8 Å². The maximum Gasteiger partial charge on any atom is 0.326 e. The van der Waals surface area contributed by atoms with Gasteiger partial charge in [0.05, 0.1) is 6.42 Å². The molecule has 0 fully saturated rings. The van der Waals surface area contributed by atoms with Crippen molar-refractivity contribution in [2.45, 2.75) is 53.0 Å². The van der Waals surface area contributed by atoms with Crippen LogP contribution in [0.1, 0.15) is 47.0 Å². The molecule has 0 aromatic rings. The van der Waals surface area contributed by atoms with Crippen LogP contribution in [0, 0.1) is 11.3 Å². The molecule has 6 nitrogen and oxygen atoms in total. The van der Waals surface area contributed by atoms with E-state index in [0.29, 0.717) is 6.42 Å². The van der Waals surface area contributed by atoms with E-state index in [1.807, 2.05) is 13.8 Å². The number of carboxylic acid groups (broad SMARTS) is 2. The molecule has 0 aliphatic carbocycles. The van der Waals surface area contributed by atoms with Gasteiger partial charge in [-0.1, -0.05) is 27.7 Å². The highest BCUT2D eigenvalue weighted by molar-refractivity contribution is 5.84. The van der Waals surface area contributed by atoms with E-state index in [4.69, 9.17) is 10.2 Å². The molecule has 0 aliphatic heterocycles. The minimum atomic E-state index is -1.07. The predicted octanol–water partition coefficient (Wildman–Crippen LogP) is 1.49. The second-order valence-electron chi connectivity index (χ2n) is 6.00. The Morgan fingerprint density at radius 1 is 1.11 bits per heavy atom. The summed E-state index contributed by atoms with van der Waals surface area (Å²) in [7, 11) is 0. The van der Waals surface area contributed by atoms with Gasteiger partial charge in [0, 0.05) is 6.42 Å². The summed E-state index contributed by atoms with van der Waals surface area (Å²) < 4.78 is 0. The molecule has 0 spiro atoms. The third-order valence-electron chi connectivity index (χ3n) is 2.61. The maximum atomic E-state index is 11.8. The molecule has 0 bridgehead atoms. The standard InChI is InChI=1S/C13H23NO5/c1-8(2)5-9(12(18)19)14-10(15)6-13(3,4)7-11(16)17/h8-9H,5-7H2,1-4H3,(H,14,15)(H,16,17)(H,18,19). The van der Waals surface area contributed by atoms with E-state index in [0.717, 1.165) is 0 Å². The van der Waals surface area contributed by atoms with Gasteiger partial charge < -0.3 is 15.5 Å². The van der Waals surface area contributed by atoms with Gasteiger partial charge in [0.25, 0.3) is 0 Å². The molecule has 0 saturated heterocycles. The quantitative estimate of drug-likeness (QED) is 0.621. The molecule has 1 amide bonds. The molecule has 6 heteroatoms. The van der Waals surface area contributed by atoms with Crippen molar-refractivity contribution >= 4 is 17.8 Å². The number of hydrogen-bond donors (Lipinski definition) is 3. The van der Waals surface area contributed by atoms with Gasteiger partial charge in [-0.3, -0.25) is 9.59 Å². The first-order valence-corrected chi connectivity index (χ1v) is 6.27. The van der Waals surface area contributed by atoms with Gasteiger partial charge in [-0.2, -0.15) is 0 Å². The average molecular weight is 273 g/mol. The highest BCUT2D eigenvalue weighted by Gasteiger charge is 2.28. The highest BCUT2D eigenvalue weighted by Crippen LogP contribution is 2.24. The van der Waals surface area contributed by atoms with Gasteiger partial charge in [-0.25, -0.2) is 4.79 Å². The first-order chi connectivity index (χ1) is 8.53. The summed E-state index contributed by atoms with van der Waals surface area (Å²) in [6.45, 7) is 7.07. The van der Waals surface area contributed by atoms with E-state index in [1.54, 1.807) is 13.8 Å². The van der Waals surface area contributed by atoms with Gasteiger partial charge in [0.1, 0.15) is 6.04 Å². The van der Waals surface area contributed by atoms with E-state index in [2.05, 4.69) is 5.32 Å². The summed E-state index contributed by atoms with van der Waals surface area (Å²) in [5.41, 5.74) is -0.698. The fourth-order valence-electron chi connectivity index (χ4n) is 1.84. The third-order valence-corrected chi connectivity index (χ3v) is 2.61. The molecule has 0 aromatic heterocycles. The predicted molar refractivity (Wildman–Crippen MR) is 69.7 cm³/mol. The van der Waals surface area contributed by atoms with Crippen molar-refractivity contribution in [1.29, 1.82) is 0 Å². The van der Waals surface area contributed by atoms with Crippen molar-refractivity contribution in [2.75, 3.05) is 0 Å². The van der Waals surface area contributed by atoms with E-state index < -0.39 is 29.3 Å². The molecule has 1 atom stereocenters. The SMILES string of the molecule is CC(C)CC(NC(=O)CC(C)(C)CC(=O)O)C(=O)O. The largest absolute Gasteiger partial charge is 0.481 e. The summed E-state index contributed by atoms with van der Waals surface area (Å²) in [6, 6.07) is -0.923. The number of carbonyl (C=O) groups is 3. The Morgan fingerprint density at radius 3 is 2.00 bits per heavy atom. The number of hydrogen-bond acceptors (Lipinski definition) is 3. The highest BCUT2D eigenvalue weighted by atomic mass is 16.4. The monoisotopic (exact) mass is 273 g/mol. The minimum Gasteiger partial charge on any atom is -0.481 e. The zero-order chi connectivity index (χ0) is 15.2. The van der Waals surface area contributed by atoms with Gasteiger partial charge in [-0.15, -0.1) is 0 Å². The topological polar surface area (TPSA) is 104 Å². The van der Waals surface area contributed by atoms with Crippen molar-refractivity contribution in [3.8, 4) is 0 Å². The molecule has 1 unspecified atom stereocenters. The van der Waals surface area contributed by atoms with Crippen LogP contribution in [0.5, 0.6) is 0 Å². The van der Waals surface area contributed by atoms with Crippen molar-refractivity contribution in [3.05, 3.63) is 0 Å². The van der Waals surface area contributed by atoms with Crippen LogP contribution in [0.25, 0.3) is 0 Å². The molecule has 110 valence electrons. The van der Waals surface area contributed by atoms with Crippen molar-refractivity contribution < 1.29 is 24.6 Å². The Balaban J connectivity index is 4.49. The zero-order valence-electron chi connectivity index (χ0n) is 11.9. The van der Waals surface area contributed by atoms with E-state index >= 15 is 0 Å². The molecule has 0 rings (SSSR count). The van der Waals surface area contributed by atoms with Crippen LogP contribution >= 0.6 is 0 Å². The number of nitrogens with one attached hydrogen (secondary N) is 1. The summed E-state index contributed by atoms with van der Waals surface area (Å²) in [5, 5.41) is 20.2. The lowest BCUT2D eigenvalue weighted by atomic mass is 9.85. The summed E-state index contributed by atoms with van der Waals surface area (Å²) in [4.78, 5) is 33.4. The Bertz CT molecular complexity index is 349. The zero-order valence-corrected chi connectivity index (χ0v) is 11.9. The van der Waals surface area contributed by atoms with Gasteiger partial charge >= 0.3 is 11.9 Å². The van der Waals surface area contributed by atoms with Crippen molar-refractivity contribution in [2.24, 2.45) is 11.3 Å². The summed E-state index contributed by atoms with van der Waals surface area (Å²) in [6.07, 6.45) is 0.198. The Kier molecular flexibility index (Phi) is 6.52. The Labute approximate surface area is 113 Å². The lowest BCUT2D eigenvalue weighted by Crippen LogP contribution is -2.43. The third kappa shape index (κ3) is 8.18. The van der Waals surface area contributed by atoms with E-state index in [1.165, 1.54) is 0 Å². The Morgan fingerprint density at radius 2 is 1.63 bits per heavy atom. The number of rotatable bonds is 8. The molecule has 19 heavy (non-hydrogen) atoms. The number of amides is 1. The van der Waals surface area contributed by atoms with E-state index in [-0.39, 0.29) is 18.8 Å². The first kappa shape index (κ1) is 17.4. The average Bonchev–Trinajstić information content (AvgIpc) is 2.11. The number of carbonyl (C=O) groups excluding carboxylic acids is 1. The van der Waals surface area contributed by atoms with Crippen LogP contribution in [0.4, 0.5) is 0 Å². The van der Waals surface area contributed by atoms with Crippen LogP contribution in [-0.2, 0) is 14.4 Å². The maximum absolute atomic E-state index is 11.8. The fraction of sp³-hybridized carbons (Fsp3) is 0.769. The van der Waals surface area contributed by atoms with Gasteiger partial charge in [0.15, 0.2) is 0 Å². The van der Waals surface area contributed by atoms with E-state index in [9.17, 15) is 14.4 Å². The summed E-state index contributed by atoms with van der Waals surface area (Å²) in [5.74, 6) is -2.33. The van der Waals surface area contributed by atoms with Crippen LogP contribution in [-0.4, -0.2) is 34.1 Å². The molecule has 0 heterocycles. The van der Waals surface area contributed by atoms with Crippen LogP contribution in [0.3, 0.4) is 0 Å². The lowest BCUT2D eigenvalue weighted by Gasteiger charge is -2.23. The first-order valence-electron chi connectivity index (χ1n) is 6.27. The van der Waals surface area contributed by atoms with Crippen molar-refractivity contribution in [3.63, 3.8) is 0 Å². The molecule has 0 aliphatic rings. The molecule has 0 radical (unpaired) electrons. The normalized spacial score (nSPS) is 13.1. The molecule has 0 saturated carbocycles. The Hall–Kier alpha value is -1.59. The van der Waals surface area contributed by atoms with Gasteiger partial charge in [0.2, 0.25) is 5.91 Å². The number of aliphatic carboxylic acids is 2. The molecular weight excluding hydrogens is 250 g/mol. The summed E-state index contributed by atoms with van der Waals surface area (Å²) >= 11 is 0. The smallest absolute Gasteiger partial charge is 0.326 e. The van der Waals surface area contributed by atoms with Crippen LogP contribution in [0.2, 0.25) is 0 Å². The lowest BCUT2D eigenvalue weighted by molar-refractivity contribution is -0.143. The number of carboxylic acids is 2. The second-order valence-corrected chi connectivity index (χ2v) is 6.00. The van der Waals surface area contributed by atoms with Crippen LogP contribution in [0.15, 0.2) is 0 Å². The minimum absolute atomic E-state index is 0.0127. The molecule has 3 N–H and O–H groups in total. The fourth-order valence-corrected chi connectivity index (χ4v) is 1.84. The van der Waals surface area contributed by atoms with Crippen LogP contribution < -0.4 is 5.32 Å².